The van der Waals surface area contributed by atoms with Crippen LogP contribution in [0.5, 0.6) is 0 Å². The molecule has 4 nitrogen and oxygen atoms in total. The van der Waals surface area contributed by atoms with Crippen molar-refractivity contribution >= 4 is 17.7 Å². The lowest BCUT2D eigenvalue weighted by molar-refractivity contribution is -0.134. The topological polar surface area (TPSA) is 58.4 Å². The number of carbonyl (C=O) groups is 1. The van der Waals surface area contributed by atoms with Gasteiger partial charge in [-0.15, -0.1) is 11.8 Å². The number of hydrazine groups is 1. The molecule has 3 N–H and O–H groups in total. The Balaban J connectivity index is 5.38. The Hall–Kier alpha value is -1.41. The van der Waals surface area contributed by atoms with Crippen LogP contribution in [-0.2, 0) is 4.79 Å². The number of carbonyl (C=O) groups excluding carboxylic acids is 1. The van der Waals surface area contributed by atoms with Crippen LogP contribution in [0.1, 0.15) is 33.6 Å². The minimum Gasteiger partial charge on any atom is -0.322 e. The zero-order valence-electron chi connectivity index (χ0n) is 15.4. The van der Waals surface area contributed by atoms with Gasteiger partial charge in [-0.05, 0) is 36.0 Å². The van der Waals surface area contributed by atoms with Gasteiger partial charge in [0, 0.05) is 24.5 Å². The van der Waals surface area contributed by atoms with Crippen LogP contribution in [0, 0.1) is 11.8 Å². The first-order valence-corrected chi connectivity index (χ1v) is 9.20. The summed E-state index contributed by atoms with van der Waals surface area (Å²) in [6.07, 6.45) is 1.43. The summed E-state index contributed by atoms with van der Waals surface area (Å²) in [7, 11) is 1.36. The first-order chi connectivity index (χ1) is 11.4. The van der Waals surface area contributed by atoms with Gasteiger partial charge in [-0.25, -0.2) is 5.84 Å². The summed E-state index contributed by atoms with van der Waals surface area (Å²) in [5.41, 5.74) is 0.0257. The van der Waals surface area contributed by atoms with Crippen LogP contribution in [-0.4, -0.2) is 30.4 Å². The molecule has 0 aromatic heterocycles. The molecule has 0 saturated heterocycles. The number of allylic oxidation sites excluding steroid dienone is 2. The molecule has 0 rings (SSSR count). The summed E-state index contributed by atoms with van der Waals surface area (Å²) in [5.74, 6) is 5.20. The summed E-state index contributed by atoms with van der Waals surface area (Å²) in [4.78, 5) is 12.3. The van der Waals surface area contributed by atoms with Crippen LogP contribution in [0.15, 0.2) is 35.0 Å². The van der Waals surface area contributed by atoms with Crippen LogP contribution < -0.4 is 11.2 Å². The van der Waals surface area contributed by atoms with Crippen molar-refractivity contribution in [3.05, 3.63) is 35.0 Å². The number of hydrogen-bond acceptors (Lipinski definition) is 4. The highest BCUT2D eigenvalue weighted by atomic mass is 32.2. The Morgan fingerprint density at radius 3 is 2.36 bits per heavy atom. The Kier molecular flexibility index (Phi) is 10.6. The fourth-order valence-corrected chi connectivity index (χ4v) is 2.54. The number of alkyl halides is 3. The molecule has 0 saturated carbocycles. The minimum atomic E-state index is -4.50. The third-order valence-electron chi connectivity index (χ3n) is 2.99. The van der Waals surface area contributed by atoms with Crippen molar-refractivity contribution in [3.63, 3.8) is 0 Å². The number of thioether (sulfide) groups is 1. The molecule has 0 fully saturated rings. The van der Waals surface area contributed by atoms with Gasteiger partial charge in [0.05, 0.1) is 6.42 Å². The van der Waals surface area contributed by atoms with Crippen molar-refractivity contribution in [1.29, 1.82) is 0 Å². The lowest BCUT2D eigenvalue weighted by Gasteiger charge is -2.16. The van der Waals surface area contributed by atoms with Crippen molar-refractivity contribution in [2.45, 2.75) is 39.8 Å². The van der Waals surface area contributed by atoms with Gasteiger partial charge < -0.3 is 10.3 Å². The van der Waals surface area contributed by atoms with Gasteiger partial charge in [0.25, 0.3) is 5.91 Å². The highest BCUT2D eigenvalue weighted by Gasteiger charge is 2.31. The van der Waals surface area contributed by atoms with E-state index in [2.05, 4.69) is 19.2 Å². The molecule has 0 aliphatic heterocycles. The average Bonchev–Trinajstić information content (AvgIpc) is 2.40. The van der Waals surface area contributed by atoms with E-state index in [-0.39, 0.29) is 5.92 Å². The lowest BCUT2D eigenvalue weighted by atomic mass is 9.98. The number of hydrogen-bond donors (Lipinski definition) is 2. The quantitative estimate of drug-likeness (QED) is 0.273. The summed E-state index contributed by atoms with van der Waals surface area (Å²) in [6, 6.07) is 0. The fourth-order valence-electron chi connectivity index (χ4n) is 2.26. The zero-order valence-corrected chi connectivity index (χ0v) is 16.2. The Morgan fingerprint density at radius 1 is 1.32 bits per heavy atom. The third kappa shape index (κ3) is 12.6. The molecule has 0 aromatic carbocycles. The molecule has 1 unspecified atom stereocenters. The van der Waals surface area contributed by atoms with Crippen molar-refractivity contribution in [2.24, 2.45) is 17.7 Å². The number of amides is 1. The lowest BCUT2D eigenvalue weighted by Crippen LogP contribution is -2.29. The number of halogens is 3. The highest BCUT2D eigenvalue weighted by Crippen LogP contribution is 2.25. The molecule has 1 amide bonds. The predicted octanol–water partition coefficient (Wildman–Crippen LogP) is 4.19. The molecular formula is C17H28F3N3OS. The van der Waals surface area contributed by atoms with E-state index in [1.54, 1.807) is 11.5 Å². The van der Waals surface area contributed by atoms with E-state index < -0.39 is 24.1 Å². The van der Waals surface area contributed by atoms with E-state index in [1.807, 2.05) is 19.3 Å². The van der Waals surface area contributed by atoms with Gasteiger partial charge in [0.15, 0.2) is 0 Å². The van der Waals surface area contributed by atoms with Gasteiger partial charge in [0.1, 0.15) is 0 Å². The van der Waals surface area contributed by atoms with Crippen LogP contribution in [0.3, 0.4) is 0 Å². The van der Waals surface area contributed by atoms with Crippen LogP contribution in [0.25, 0.3) is 0 Å². The predicted molar refractivity (Wildman–Crippen MR) is 98.2 cm³/mol. The number of nitrogens with one attached hydrogen (secondary N) is 1. The van der Waals surface area contributed by atoms with Crippen LogP contribution in [0.2, 0.25) is 0 Å². The molecule has 25 heavy (non-hydrogen) atoms. The van der Waals surface area contributed by atoms with Gasteiger partial charge >= 0.3 is 6.18 Å². The van der Waals surface area contributed by atoms with Gasteiger partial charge in [-0.2, -0.15) is 13.2 Å². The molecule has 0 bridgehead atoms. The molecule has 0 spiro atoms. The normalized spacial score (nSPS) is 15.0. The summed E-state index contributed by atoms with van der Waals surface area (Å²) in [6.45, 7) is 6.17. The Morgan fingerprint density at radius 2 is 1.92 bits per heavy atom. The maximum absolute atomic E-state index is 12.7. The second-order valence-corrected chi connectivity index (χ2v) is 7.08. The van der Waals surface area contributed by atoms with E-state index in [0.717, 1.165) is 17.6 Å². The van der Waals surface area contributed by atoms with Crippen LogP contribution in [0.4, 0.5) is 13.2 Å². The molecule has 0 aromatic rings. The Bertz CT molecular complexity index is 512. The number of nitrogens with two attached hydrogens (primary N) is 1. The summed E-state index contributed by atoms with van der Waals surface area (Å²) >= 11 is 1.43. The van der Waals surface area contributed by atoms with E-state index in [0.29, 0.717) is 11.6 Å². The van der Waals surface area contributed by atoms with Gasteiger partial charge in [-0.1, -0.05) is 26.8 Å². The van der Waals surface area contributed by atoms with Crippen molar-refractivity contribution < 1.29 is 18.0 Å². The first-order valence-electron chi connectivity index (χ1n) is 7.92. The second kappa shape index (κ2) is 11.3. The fraction of sp³-hybridized carbons (Fsp3) is 0.588. The van der Waals surface area contributed by atoms with Crippen molar-refractivity contribution in [1.82, 2.24) is 10.3 Å². The smallest absolute Gasteiger partial charge is 0.322 e. The second-order valence-electron chi connectivity index (χ2n) is 6.33. The molecule has 0 heterocycles. The third-order valence-corrected chi connectivity index (χ3v) is 3.40. The van der Waals surface area contributed by atoms with E-state index in [9.17, 15) is 18.0 Å². The van der Waals surface area contributed by atoms with Crippen molar-refractivity contribution in [2.75, 3.05) is 13.3 Å². The highest BCUT2D eigenvalue weighted by molar-refractivity contribution is 8.01. The number of nitrogens with zero attached hydrogens (tertiary/aromatic N) is 1. The molecular weight excluding hydrogens is 351 g/mol. The summed E-state index contributed by atoms with van der Waals surface area (Å²) in [5, 5.41) is 5.25. The SMILES string of the molecule is CS/C=C\C(=C\C(C)CC(C)C)NC(=O)/C(=C/N(C)N)CC(F)(F)F. The van der Waals surface area contributed by atoms with Crippen LogP contribution >= 0.6 is 11.8 Å². The van der Waals surface area contributed by atoms with Crippen molar-refractivity contribution in [3.8, 4) is 0 Å². The van der Waals surface area contributed by atoms with Gasteiger partial charge in [0.2, 0.25) is 0 Å². The van der Waals surface area contributed by atoms with E-state index in [4.69, 9.17) is 5.84 Å². The largest absolute Gasteiger partial charge is 0.393 e. The first kappa shape index (κ1) is 23.6. The average molecular weight is 379 g/mol. The van der Waals surface area contributed by atoms with Gasteiger partial charge in [-0.3, -0.25) is 4.79 Å². The molecule has 1 atom stereocenters. The molecule has 144 valence electrons. The van der Waals surface area contributed by atoms with E-state index in [1.165, 1.54) is 18.8 Å². The molecule has 0 aliphatic carbocycles. The molecule has 0 aliphatic rings. The zero-order chi connectivity index (χ0) is 19.6. The molecule has 8 heteroatoms. The maximum Gasteiger partial charge on any atom is 0.393 e. The Labute approximate surface area is 152 Å². The summed E-state index contributed by atoms with van der Waals surface area (Å²) < 4.78 is 38.1. The van der Waals surface area contributed by atoms with E-state index >= 15 is 0 Å². The monoisotopic (exact) mass is 379 g/mol. The standard InChI is InChI=1S/C17H28F3N3OS/c1-12(2)8-13(3)9-15(6-7-25-5)22-16(24)14(11-23(4)21)10-17(18,19)20/h6-7,9,11-13H,8,10,21H2,1-5H3,(H,22,24)/b7-6-,14-11+,15-9-. The number of rotatable bonds is 9. The maximum atomic E-state index is 12.7. The minimum absolute atomic E-state index is 0.175. The molecule has 0 radical (unpaired) electrons.